The predicted molar refractivity (Wildman–Crippen MR) is 62.4 cm³/mol. The number of ether oxygens (including phenoxy) is 1. The van der Waals surface area contributed by atoms with E-state index < -0.39 is 17.3 Å². The minimum atomic E-state index is -4.36. The fourth-order valence-corrected chi connectivity index (χ4v) is 2.19. The van der Waals surface area contributed by atoms with E-state index in [1.165, 1.54) is 6.07 Å². The van der Waals surface area contributed by atoms with Crippen LogP contribution in [0.4, 0.5) is 13.2 Å². The Hall–Kier alpha value is -1.60. The molecule has 2 aromatic rings. The summed E-state index contributed by atoms with van der Waals surface area (Å²) < 4.78 is 43.1. The average Bonchev–Trinajstić information content (AvgIpc) is 2.93. The zero-order valence-electron chi connectivity index (χ0n) is 9.92. The van der Waals surface area contributed by atoms with E-state index in [0.29, 0.717) is 36.5 Å². The summed E-state index contributed by atoms with van der Waals surface area (Å²) in [7, 11) is 0. The number of H-pyrrole nitrogens is 1. The van der Waals surface area contributed by atoms with E-state index in [9.17, 15) is 13.2 Å². The van der Waals surface area contributed by atoms with Crippen molar-refractivity contribution < 1.29 is 17.9 Å². The summed E-state index contributed by atoms with van der Waals surface area (Å²) in [6.45, 7) is 0.848. The zero-order chi connectivity index (χ0) is 13.7. The molecule has 1 aliphatic rings. The summed E-state index contributed by atoms with van der Waals surface area (Å²) >= 11 is 0. The molecular weight excluding hydrogens is 259 g/mol. The first kappa shape index (κ1) is 12.4. The molecule has 1 aromatic carbocycles. The van der Waals surface area contributed by atoms with E-state index in [0.717, 1.165) is 12.1 Å². The first-order chi connectivity index (χ1) is 8.88. The Morgan fingerprint density at radius 2 is 2.16 bits per heavy atom. The van der Waals surface area contributed by atoms with Crippen LogP contribution in [0, 0.1) is 0 Å². The van der Waals surface area contributed by atoms with Gasteiger partial charge in [0.05, 0.1) is 23.2 Å². The van der Waals surface area contributed by atoms with Crippen molar-refractivity contribution in [2.24, 2.45) is 5.73 Å². The fraction of sp³-hybridized carbons (Fsp3) is 0.417. The molecule has 0 spiro atoms. The van der Waals surface area contributed by atoms with Crippen LogP contribution in [0.3, 0.4) is 0 Å². The van der Waals surface area contributed by atoms with Crippen LogP contribution in [0.1, 0.15) is 17.8 Å². The largest absolute Gasteiger partial charge is 0.416 e. The third-order valence-corrected chi connectivity index (χ3v) is 3.33. The van der Waals surface area contributed by atoms with Gasteiger partial charge >= 0.3 is 6.18 Å². The van der Waals surface area contributed by atoms with Crippen LogP contribution in [0.2, 0.25) is 0 Å². The maximum absolute atomic E-state index is 12.6. The van der Waals surface area contributed by atoms with Gasteiger partial charge in [0.25, 0.3) is 0 Å². The van der Waals surface area contributed by atoms with Gasteiger partial charge in [-0.2, -0.15) is 13.2 Å². The number of nitrogens with zero attached hydrogens (tertiary/aromatic N) is 1. The number of fused-ring (bicyclic) bond motifs is 1. The van der Waals surface area contributed by atoms with Gasteiger partial charge in [-0.05, 0) is 24.6 Å². The quantitative estimate of drug-likeness (QED) is 0.835. The Balaban J connectivity index is 2.06. The van der Waals surface area contributed by atoms with Gasteiger partial charge in [-0.3, -0.25) is 0 Å². The molecule has 102 valence electrons. The van der Waals surface area contributed by atoms with Crippen molar-refractivity contribution in [3.8, 4) is 0 Å². The highest BCUT2D eigenvalue weighted by atomic mass is 19.4. The van der Waals surface area contributed by atoms with Crippen molar-refractivity contribution in [3.63, 3.8) is 0 Å². The lowest BCUT2D eigenvalue weighted by Crippen LogP contribution is -2.38. The van der Waals surface area contributed by atoms with E-state index in [1.54, 1.807) is 0 Å². The second-order valence-corrected chi connectivity index (χ2v) is 4.77. The molecule has 1 aromatic heterocycles. The van der Waals surface area contributed by atoms with E-state index in [2.05, 4.69) is 9.97 Å². The Morgan fingerprint density at radius 3 is 2.79 bits per heavy atom. The van der Waals surface area contributed by atoms with Gasteiger partial charge in [0.15, 0.2) is 0 Å². The fourth-order valence-electron chi connectivity index (χ4n) is 2.19. The number of benzene rings is 1. The smallest absolute Gasteiger partial charge is 0.379 e. The molecule has 19 heavy (non-hydrogen) atoms. The predicted octanol–water partition coefficient (Wildman–Crippen LogP) is 2.16. The summed E-state index contributed by atoms with van der Waals surface area (Å²) in [5.74, 6) is 0.472. The molecule has 7 heteroatoms. The van der Waals surface area contributed by atoms with Crippen LogP contribution in [0.15, 0.2) is 18.2 Å². The van der Waals surface area contributed by atoms with Gasteiger partial charge < -0.3 is 15.5 Å². The standard InChI is InChI=1S/C12H12F3N3O/c13-12(14,15)7-1-2-8-9(5-7)18-10(17-8)11(16)3-4-19-6-11/h1-2,5H,3-4,6,16H2,(H,17,18). The molecule has 0 aliphatic carbocycles. The normalized spacial score (nSPS) is 24.2. The molecule has 1 saturated heterocycles. The summed E-state index contributed by atoms with van der Waals surface area (Å²) in [4.78, 5) is 7.14. The van der Waals surface area contributed by atoms with Gasteiger partial charge in [0.1, 0.15) is 11.4 Å². The SMILES string of the molecule is NC1(c2nc3ccc(C(F)(F)F)cc3[nH]2)CCOC1. The van der Waals surface area contributed by atoms with E-state index in [-0.39, 0.29) is 0 Å². The van der Waals surface area contributed by atoms with E-state index in [1.807, 2.05) is 0 Å². The third kappa shape index (κ3) is 2.08. The molecule has 3 rings (SSSR count). The number of nitrogens with one attached hydrogen (secondary N) is 1. The molecule has 0 radical (unpaired) electrons. The molecule has 1 aliphatic heterocycles. The molecule has 4 nitrogen and oxygen atoms in total. The number of nitrogens with two attached hydrogens (primary N) is 1. The number of aromatic amines is 1. The summed E-state index contributed by atoms with van der Waals surface area (Å²) in [6, 6.07) is 3.41. The Morgan fingerprint density at radius 1 is 1.37 bits per heavy atom. The minimum absolute atomic E-state index is 0.318. The average molecular weight is 271 g/mol. The van der Waals surface area contributed by atoms with Crippen molar-refractivity contribution in [2.75, 3.05) is 13.2 Å². The van der Waals surface area contributed by atoms with Crippen molar-refractivity contribution in [2.45, 2.75) is 18.1 Å². The highest BCUT2D eigenvalue weighted by Gasteiger charge is 2.36. The van der Waals surface area contributed by atoms with Crippen LogP contribution in [0.25, 0.3) is 11.0 Å². The van der Waals surface area contributed by atoms with Crippen LogP contribution in [-0.4, -0.2) is 23.2 Å². The number of aromatic nitrogens is 2. The number of halogens is 3. The maximum atomic E-state index is 12.6. The molecule has 3 N–H and O–H groups in total. The third-order valence-electron chi connectivity index (χ3n) is 3.33. The Kier molecular flexibility index (Phi) is 2.58. The van der Waals surface area contributed by atoms with Crippen LogP contribution < -0.4 is 5.73 Å². The lowest BCUT2D eigenvalue weighted by Gasteiger charge is -2.17. The minimum Gasteiger partial charge on any atom is -0.379 e. The van der Waals surface area contributed by atoms with Gasteiger partial charge in [-0.25, -0.2) is 4.98 Å². The van der Waals surface area contributed by atoms with Crippen LogP contribution in [0.5, 0.6) is 0 Å². The molecule has 0 bridgehead atoms. The molecular formula is C12H12F3N3O. The lowest BCUT2D eigenvalue weighted by atomic mass is 10.00. The Bertz CT molecular complexity index is 614. The van der Waals surface area contributed by atoms with Gasteiger partial charge in [-0.15, -0.1) is 0 Å². The monoisotopic (exact) mass is 271 g/mol. The van der Waals surface area contributed by atoms with Gasteiger partial charge in [-0.1, -0.05) is 0 Å². The molecule has 1 atom stereocenters. The number of hydrogen-bond donors (Lipinski definition) is 2. The maximum Gasteiger partial charge on any atom is 0.416 e. The number of imidazole rings is 1. The first-order valence-corrected chi connectivity index (χ1v) is 5.83. The summed E-state index contributed by atoms with van der Waals surface area (Å²) in [6.07, 6.45) is -3.77. The Labute approximate surface area is 106 Å². The zero-order valence-corrected chi connectivity index (χ0v) is 9.92. The molecule has 1 unspecified atom stereocenters. The molecule has 0 amide bonds. The second-order valence-electron chi connectivity index (χ2n) is 4.77. The van der Waals surface area contributed by atoms with E-state index >= 15 is 0 Å². The van der Waals surface area contributed by atoms with E-state index in [4.69, 9.17) is 10.5 Å². The number of rotatable bonds is 1. The molecule has 0 saturated carbocycles. The van der Waals surface area contributed by atoms with Crippen molar-refractivity contribution in [1.82, 2.24) is 9.97 Å². The van der Waals surface area contributed by atoms with Crippen molar-refractivity contribution in [1.29, 1.82) is 0 Å². The number of alkyl halides is 3. The second kappa shape index (κ2) is 3.94. The number of hydrogen-bond acceptors (Lipinski definition) is 3. The van der Waals surface area contributed by atoms with Crippen molar-refractivity contribution >= 4 is 11.0 Å². The van der Waals surface area contributed by atoms with Gasteiger partial charge in [0, 0.05) is 6.61 Å². The summed E-state index contributed by atoms with van der Waals surface area (Å²) in [5.41, 5.74) is 5.49. The van der Waals surface area contributed by atoms with Crippen LogP contribution >= 0.6 is 0 Å². The van der Waals surface area contributed by atoms with Gasteiger partial charge in [0.2, 0.25) is 0 Å². The lowest BCUT2D eigenvalue weighted by molar-refractivity contribution is -0.137. The molecule has 2 heterocycles. The summed E-state index contributed by atoms with van der Waals surface area (Å²) in [5, 5.41) is 0. The van der Waals surface area contributed by atoms with Crippen molar-refractivity contribution in [3.05, 3.63) is 29.6 Å². The highest BCUT2D eigenvalue weighted by molar-refractivity contribution is 5.76. The van der Waals surface area contributed by atoms with Crippen LogP contribution in [-0.2, 0) is 16.5 Å². The highest BCUT2D eigenvalue weighted by Crippen LogP contribution is 2.32. The first-order valence-electron chi connectivity index (χ1n) is 5.83. The topological polar surface area (TPSA) is 63.9 Å². The molecule has 1 fully saturated rings.